The van der Waals surface area contributed by atoms with Crippen LogP contribution in [0.5, 0.6) is 5.75 Å². The van der Waals surface area contributed by atoms with Gasteiger partial charge in [-0.2, -0.15) is 21.6 Å². The van der Waals surface area contributed by atoms with E-state index in [2.05, 4.69) is 14.2 Å². The highest BCUT2D eigenvalue weighted by Gasteiger charge is 2.49. The van der Waals surface area contributed by atoms with E-state index in [0.29, 0.717) is 6.07 Å². The van der Waals surface area contributed by atoms with Gasteiger partial charge in [-0.3, -0.25) is 19.5 Å². The number of alkyl halides is 3. The van der Waals surface area contributed by atoms with Crippen LogP contribution in [0.25, 0.3) is 16.7 Å². The van der Waals surface area contributed by atoms with Gasteiger partial charge < -0.3 is 4.18 Å². The molecule has 0 spiro atoms. The van der Waals surface area contributed by atoms with Crippen molar-refractivity contribution in [2.45, 2.75) is 10.7 Å². The smallest absolute Gasteiger partial charge is 0.375 e. The molecule has 2 heterocycles. The van der Waals surface area contributed by atoms with E-state index in [1.165, 1.54) is 18.2 Å². The zero-order chi connectivity index (χ0) is 22.3. The molecule has 158 valence electrons. The molecule has 0 N–H and O–H groups in total. The lowest BCUT2D eigenvalue weighted by molar-refractivity contribution is -0.384. The van der Waals surface area contributed by atoms with Crippen LogP contribution >= 0.6 is 11.8 Å². The molecule has 10 nitrogen and oxygen atoms in total. The van der Waals surface area contributed by atoms with E-state index in [1.807, 2.05) is 0 Å². The summed E-state index contributed by atoms with van der Waals surface area (Å²) in [4.78, 5) is 30.9. The number of thioether (sulfide) groups is 1. The number of benzene rings is 1. The highest BCUT2D eigenvalue weighted by atomic mass is 32.2. The number of non-ortho nitro benzene ring substituents is 1. The molecule has 0 aliphatic carbocycles. The first-order valence-electron chi connectivity index (χ1n) is 7.67. The van der Waals surface area contributed by atoms with Crippen molar-refractivity contribution in [3.8, 4) is 11.4 Å². The summed E-state index contributed by atoms with van der Waals surface area (Å²) in [6.45, 7) is 0. The van der Waals surface area contributed by atoms with E-state index >= 15 is 0 Å². The van der Waals surface area contributed by atoms with Crippen LogP contribution in [-0.4, -0.2) is 39.6 Å². The summed E-state index contributed by atoms with van der Waals surface area (Å²) in [6, 6.07) is 5.36. The fraction of sp³-hybridized carbons (Fsp3) is 0.133. The van der Waals surface area contributed by atoms with Crippen molar-refractivity contribution in [2.24, 2.45) is 0 Å². The van der Waals surface area contributed by atoms with Gasteiger partial charge in [-0.1, -0.05) is 17.8 Å². The molecule has 0 saturated heterocycles. The highest BCUT2D eigenvalue weighted by molar-refractivity contribution is 7.98. The maximum Gasteiger partial charge on any atom is 0.534 e. The van der Waals surface area contributed by atoms with Gasteiger partial charge in [0.15, 0.2) is 16.6 Å². The number of rotatable bonds is 5. The van der Waals surface area contributed by atoms with E-state index in [0.717, 1.165) is 28.6 Å². The van der Waals surface area contributed by atoms with Crippen LogP contribution in [0.1, 0.15) is 0 Å². The molecule has 0 amide bonds. The number of nitro benzene ring substituents is 1. The van der Waals surface area contributed by atoms with Crippen molar-refractivity contribution in [3.63, 3.8) is 0 Å². The minimum Gasteiger partial charge on any atom is -0.375 e. The van der Waals surface area contributed by atoms with Crippen molar-refractivity contribution in [1.29, 1.82) is 0 Å². The summed E-state index contributed by atoms with van der Waals surface area (Å²) < 4.78 is 65.9. The van der Waals surface area contributed by atoms with Gasteiger partial charge in [0.2, 0.25) is 0 Å². The van der Waals surface area contributed by atoms with Crippen molar-refractivity contribution in [2.75, 3.05) is 6.26 Å². The third-order valence-electron chi connectivity index (χ3n) is 3.66. The topological polar surface area (TPSA) is 134 Å². The Morgan fingerprint density at radius 1 is 1.27 bits per heavy atom. The van der Waals surface area contributed by atoms with E-state index < -0.39 is 31.9 Å². The maximum absolute atomic E-state index is 12.7. The zero-order valence-electron chi connectivity index (χ0n) is 14.7. The summed E-state index contributed by atoms with van der Waals surface area (Å²) in [5.41, 5.74) is -7.42. The fourth-order valence-corrected chi connectivity index (χ4v) is 3.19. The van der Waals surface area contributed by atoms with E-state index in [-0.39, 0.29) is 27.6 Å². The molecule has 2 aromatic heterocycles. The fourth-order valence-electron chi connectivity index (χ4n) is 2.39. The highest BCUT2D eigenvalue weighted by Crippen LogP contribution is 2.31. The number of hydrogen-bond donors (Lipinski definition) is 0. The van der Waals surface area contributed by atoms with Crippen LogP contribution in [0.4, 0.5) is 18.9 Å². The lowest BCUT2D eigenvalue weighted by Crippen LogP contribution is -2.29. The third-order valence-corrected chi connectivity index (χ3v) is 5.19. The molecule has 0 saturated carbocycles. The van der Waals surface area contributed by atoms with Crippen LogP contribution in [0.2, 0.25) is 0 Å². The molecule has 3 rings (SSSR count). The van der Waals surface area contributed by atoms with E-state index in [4.69, 9.17) is 0 Å². The molecule has 3 aromatic rings. The van der Waals surface area contributed by atoms with Crippen LogP contribution in [0, 0.1) is 10.1 Å². The van der Waals surface area contributed by atoms with Crippen molar-refractivity contribution in [1.82, 2.24) is 14.5 Å². The summed E-state index contributed by atoms with van der Waals surface area (Å²) in [6.07, 6.45) is 2.58. The SMILES string of the molecule is CSc1ncc2c(OS(=O)(=O)C(F)(F)F)cc(=O)n(-c3cccc([N+](=O)[O-])c3)c2n1. The second kappa shape index (κ2) is 7.56. The Morgan fingerprint density at radius 3 is 2.57 bits per heavy atom. The van der Waals surface area contributed by atoms with Gasteiger partial charge in [0.05, 0.1) is 16.0 Å². The second-order valence-corrected chi connectivity index (χ2v) is 7.85. The summed E-state index contributed by atoms with van der Waals surface area (Å²) in [5.74, 6) is -0.929. The first kappa shape index (κ1) is 21.5. The quantitative estimate of drug-likeness (QED) is 0.140. The largest absolute Gasteiger partial charge is 0.534 e. The van der Waals surface area contributed by atoms with Crippen molar-refractivity contribution < 1.29 is 30.7 Å². The van der Waals surface area contributed by atoms with Gasteiger partial charge in [0, 0.05) is 24.4 Å². The summed E-state index contributed by atoms with van der Waals surface area (Å²) in [5, 5.41) is 10.8. The Bertz CT molecular complexity index is 1320. The lowest BCUT2D eigenvalue weighted by Gasteiger charge is -2.14. The maximum atomic E-state index is 12.7. The Balaban J connectivity index is 2.33. The predicted octanol–water partition coefficient (Wildman–Crippen LogP) is 2.64. The van der Waals surface area contributed by atoms with Crippen molar-refractivity contribution >= 4 is 38.6 Å². The average Bonchev–Trinajstić information content (AvgIpc) is 2.66. The molecule has 0 radical (unpaired) electrons. The van der Waals surface area contributed by atoms with E-state index in [9.17, 15) is 36.5 Å². The molecular weight excluding hydrogens is 453 g/mol. The van der Waals surface area contributed by atoms with E-state index in [1.54, 1.807) is 6.26 Å². The first-order valence-corrected chi connectivity index (χ1v) is 10.3. The monoisotopic (exact) mass is 462 g/mol. The van der Waals surface area contributed by atoms with Crippen LogP contribution in [0.3, 0.4) is 0 Å². The zero-order valence-corrected chi connectivity index (χ0v) is 16.3. The molecule has 0 atom stereocenters. The number of fused-ring (bicyclic) bond motifs is 1. The predicted molar refractivity (Wildman–Crippen MR) is 99.2 cm³/mol. The molecule has 0 aliphatic heterocycles. The minimum absolute atomic E-state index is 0.0184. The van der Waals surface area contributed by atoms with Gasteiger partial charge >= 0.3 is 15.6 Å². The van der Waals surface area contributed by atoms with Gasteiger partial charge in [0.1, 0.15) is 0 Å². The molecule has 0 fully saturated rings. The summed E-state index contributed by atoms with van der Waals surface area (Å²) in [7, 11) is -6.07. The Labute approximate surface area is 169 Å². The Kier molecular flexibility index (Phi) is 5.42. The third kappa shape index (κ3) is 3.93. The molecule has 0 unspecified atom stereocenters. The number of hydrogen-bond acceptors (Lipinski definition) is 9. The average molecular weight is 462 g/mol. The molecular formula is C15H9F3N4O6S2. The lowest BCUT2D eigenvalue weighted by atomic mass is 10.2. The number of nitro groups is 1. The normalized spacial score (nSPS) is 12.1. The van der Waals surface area contributed by atoms with Crippen LogP contribution < -0.4 is 9.74 Å². The summed E-state index contributed by atoms with van der Waals surface area (Å²) >= 11 is 1.04. The Morgan fingerprint density at radius 2 is 1.97 bits per heavy atom. The first-order chi connectivity index (χ1) is 13.9. The van der Waals surface area contributed by atoms with Gasteiger partial charge in [0.25, 0.3) is 11.2 Å². The minimum atomic E-state index is -6.07. The molecule has 1 aromatic carbocycles. The standard InChI is InChI=1S/C15H9F3N4O6S2/c1-29-14-19-7-10-11(28-30(26,27)15(16,17)18)6-12(23)21(13(10)20-14)8-3-2-4-9(5-8)22(24)25/h2-7H,1H3. The van der Waals surface area contributed by atoms with Gasteiger partial charge in [-0.15, -0.1) is 0 Å². The van der Waals surface area contributed by atoms with Crippen LogP contribution in [0.15, 0.2) is 46.5 Å². The van der Waals surface area contributed by atoms with Gasteiger partial charge in [-0.25, -0.2) is 9.97 Å². The number of pyridine rings is 1. The number of aromatic nitrogens is 3. The second-order valence-electron chi connectivity index (χ2n) is 5.54. The van der Waals surface area contributed by atoms with Crippen LogP contribution in [-0.2, 0) is 10.1 Å². The van der Waals surface area contributed by atoms with Gasteiger partial charge in [-0.05, 0) is 12.3 Å². The molecule has 0 aliphatic rings. The molecule has 15 heteroatoms. The molecule has 0 bridgehead atoms. The Hall–Kier alpha value is -3.20. The molecule has 30 heavy (non-hydrogen) atoms. The van der Waals surface area contributed by atoms with Crippen molar-refractivity contribution in [3.05, 3.63) is 57.0 Å². The number of nitrogens with zero attached hydrogens (tertiary/aromatic N) is 4. The number of halogens is 3.